The Morgan fingerprint density at radius 3 is 2.33 bits per heavy atom. The number of anilines is 1. The van der Waals surface area contributed by atoms with Gasteiger partial charge in [-0.15, -0.1) is 0 Å². The SMILES string of the molecule is N#CC(C#N)=C(C#N)Nc1cc(F)cc(Br)c1Cl. The molecule has 0 aliphatic heterocycles. The zero-order chi connectivity index (χ0) is 13.7. The van der Waals surface area contributed by atoms with Crippen molar-refractivity contribution in [1.82, 2.24) is 0 Å². The van der Waals surface area contributed by atoms with Crippen molar-refractivity contribution in [3.8, 4) is 18.2 Å². The first-order chi connectivity index (χ1) is 8.53. The van der Waals surface area contributed by atoms with Gasteiger partial charge in [-0.05, 0) is 28.1 Å². The van der Waals surface area contributed by atoms with Gasteiger partial charge >= 0.3 is 0 Å². The molecule has 0 spiro atoms. The predicted octanol–water partition coefficient (Wildman–Crippen LogP) is 3.48. The first-order valence-corrected chi connectivity index (χ1v) is 5.56. The Balaban J connectivity index is 3.30. The predicted molar refractivity (Wildman–Crippen MR) is 66.6 cm³/mol. The van der Waals surface area contributed by atoms with Gasteiger partial charge in [0.2, 0.25) is 0 Å². The highest BCUT2D eigenvalue weighted by Gasteiger charge is 2.11. The molecule has 7 heteroatoms. The minimum absolute atomic E-state index is 0.0862. The number of hydrogen-bond donors (Lipinski definition) is 1. The summed E-state index contributed by atoms with van der Waals surface area (Å²) in [7, 11) is 0. The van der Waals surface area contributed by atoms with Gasteiger partial charge in [0.15, 0.2) is 5.57 Å². The highest BCUT2D eigenvalue weighted by atomic mass is 79.9. The number of nitrogens with zero attached hydrogens (tertiary/aromatic N) is 3. The molecule has 0 atom stereocenters. The van der Waals surface area contributed by atoms with Crippen LogP contribution < -0.4 is 5.32 Å². The Morgan fingerprint density at radius 2 is 1.83 bits per heavy atom. The zero-order valence-electron chi connectivity index (χ0n) is 8.63. The number of hydrogen-bond acceptors (Lipinski definition) is 4. The van der Waals surface area contributed by atoms with Crippen LogP contribution in [0.1, 0.15) is 0 Å². The molecule has 1 aromatic carbocycles. The molecule has 18 heavy (non-hydrogen) atoms. The Labute approximate surface area is 116 Å². The van der Waals surface area contributed by atoms with Gasteiger partial charge in [0.05, 0.1) is 10.7 Å². The summed E-state index contributed by atoms with van der Waals surface area (Å²) in [6.45, 7) is 0. The van der Waals surface area contributed by atoms with E-state index in [9.17, 15) is 4.39 Å². The van der Waals surface area contributed by atoms with Gasteiger partial charge in [0.1, 0.15) is 29.7 Å². The van der Waals surface area contributed by atoms with E-state index in [1.807, 2.05) is 0 Å². The molecule has 0 bridgehead atoms. The van der Waals surface area contributed by atoms with Gasteiger partial charge in [0.25, 0.3) is 0 Å². The van der Waals surface area contributed by atoms with Crippen LogP contribution in [0.2, 0.25) is 5.02 Å². The third-order valence-corrected chi connectivity index (χ3v) is 3.10. The molecule has 0 radical (unpaired) electrons. The summed E-state index contributed by atoms with van der Waals surface area (Å²) in [6, 6.07) is 6.96. The van der Waals surface area contributed by atoms with Crippen molar-refractivity contribution in [2.45, 2.75) is 0 Å². The van der Waals surface area contributed by atoms with Gasteiger partial charge in [-0.3, -0.25) is 0 Å². The van der Waals surface area contributed by atoms with Crippen molar-refractivity contribution in [3.63, 3.8) is 0 Å². The van der Waals surface area contributed by atoms with Crippen LogP contribution in [0.3, 0.4) is 0 Å². The highest BCUT2D eigenvalue weighted by molar-refractivity contribution is 9.10. The van der Waals surface area contributed by atoms with Crippen LogP contribution in [0.5, 0.6) is 0 Å². The van der Waals surface area contributed by atoms with Gasteiger partial charge in [0, 0.05) is 4.47 Å². The van der Waals surface area contributed by atoms with Crippen LogP contribution in [0.4, 0.5) is 10.1 Å². The topological polar surface area (TPSA) is 83.4 Å². The normalized spacial score (nSPS) is 8.67. The molecule has 0 unspecified atom stereocenters. The summed E-state index contributed by atoms with van der Waals surface area (Å²) in [6.07, 6.45) is 0. The molecular weight excluding hydrogens is 323 g/mol. The molecule has 1 aromatic rings. The fourth-order valence-electron chi connectivity index (χ4n) is 1.06. The summed E-state index contributed by atoms with van der Waals surface area (Å²) >= 11 is 8.92. The third-order valence-electron chi connectivity index (χ3n) is 1.84. The number of rotatable bonds is 2. The van der Waals surface area contributed by atoms with Crippen LogP contribution in [0.15, 0.2) is 27.9 Å². The maximum absolute atomic E-state index is 13.2. The van der Waals surface area contributed by atoms with Crippen LogP contribution in [-0.4, -0.2) is 0 Å². The molecule has 0 aliphatic carbocycles. The molecule has 4 nitrogen and oxygen atoms in total. The van der Waals surface area contributed by atoms with E-state index in [2.05, 4.69) is 21.2 Å². The van der Waals surface area contributed by atoms with Gasteiger partial charge in [-0.25, -0.2) is 4.39 Å². The number of allylic oxidation sites excluding steroid dienone is 2. The fourth-order valence-corrected chi connectivity index (χ4v) is 1.65. The Morgan fingerprint density at radius 1 is 1.22 bits per heavy atom. The van der Waals surface area contributed by atoms with Crippen molar-refractivity contribution in [3.05, 3.63) is 38.7 Å². The lowest BCUT2D eigenvalue weighted by Gasteiger charge is -2.08. The van der Waals surface area contributed by atoms with E-state index in [4.69, 9.17) is 27.4 Å². The first kappa shape index (κ1) is 14.0. The van der Waals surface area contributed by atoms with E-state index >= 15 is 0 Å². The molecule has 0 amide bonds. The van der Waals surface area contributed by atoms with Crippen LogP contribution in [0.25, 0.3) is 0 Å². The number of benzene rings is 1. The van der Waals surface area contributed by atoms with E-state index < -0.39 is 11.4 Å². The Kier molecular flexibility index (Phi) is 4.68. The first-order valence-electron chi connectivity index (χ1n) is 4.39. The van der Waals surface area contributed by atoms with E-state index in [0.717, 1.165) is 12.1 Å². The summed E-state index contributed by atoms with van der Waals surface area (Å²) in [5.74, 6) is -0.582. The van der Waals surface area contributed by atoms with Crippen LogP contribution >= 0.6 is 27.5 Å². The Bertz CT molecular complexity index is 633. The smallest absolute Gasteiger partial charge is 0.163 e. The standard InChI is InChI=1S/C11H3BrClFN4/c12-8-1-7(14)2-9(11(8)13)18-10(5-17)6(3-15)4-16/h1-2,18H. The summed E-state index contributed by atoms with van der Waals surface area (Å²) in [5, 5.41) is 28.7. The van der Waals surface area contributed by atoms with Gasteiger partial charge in [-0.2, -0.15) is 15.8 Å². The van der Waals surface area contributed by atoms with Crippen molar-refractivity contribution in [1.29, 1.82) is 15.8 Å². The lowest BCUT2D eigenvalue weighted by atomic mass is 10.2. The molecule has 1 rings (SSSR count). The molecule has 0 aliphatic rings. The van der Waals surface area contributed by atoms with Crippen LogP contribution in [-0.2, 0) is 0 Å². The maximum atomic E-state index is 13.2. The number of nitrogens with one attached hydrogen (secondary N) is 1. The highest BCUT2D eigenvalue weighted by Crippen LogP contribution is 2.32. The monoisotopic (exact) mass is 324 g/mol. The summed E-state index contributed by atoms with van der Waals surface area (Å²) < 4.78 is 13.5. The van der Waals surface area contributed by atoms with Crippen LogP contribution in [0, 0.1) is 39.8 Å². The fraction of sp³-hybridized carbons (Fsp3) is 0. The van der Waals surface area contributed by atoms with E-state index in [1.54, 1.807) is 18.2 Å². The zero-order valence-corrected chi connectivity index (χ0v) is 11.0. The van der Waals surface area contributed by atoms with Crippen molar-refractivity contribution < 1.29 is 4.39 Å². The quantitative estimate of drug-likeness (QED) is 0.666. The molecule has 0 aromatic heterocycles. The largest absolute Gasteiger partial charge is 0.344 e. The van der Waals surface area contributed by atoms with E-state index in [1.165, 1.54) is 0 Å². The summed E-state index contributed by atoms with van der Waals surface area (Å²) in [5.41, 5.74) is -0.614. The summed E-state index contributed by atoms with van der Waals surface area (Å²) in [4.78, 5) is 0. The van der Waals surface area contributed by atoms with E-state index in [-0.39, 0.29) is 16.4 Å². The molecular formula is C11H3BrClFN4. The minimum atomic E-state index is -0.582. The lowest BCUT2D eigenvalue weighted by molar-refractivity contribution is 0.627. The average Bonchev–Trinajstić information content (AvgIpc) is 2.35. The van der Waals surface area contributed by atoms with Crippen molar-refractivity contribution >= 4 is 33.2 Å². The molecule has 0 saturated carbocycles. The molecule has 1 N–H and O–H groups in total. The third kappa shape index (κ3) is 2.99. The number of nitriles is 3. The lowest BCUT2D eigenvalue weighted by Crippen LogP contribution is -2.02. The molecule has 0 saturated heterocycles. The maximum Gasteiger partial charge on any atom is 0.163 e. The van der Waals surface area contributed by atoms with Gasteiger partial charge in [-0.1, -0.05) is 11.6 Å². The van der Waals surface area contributed by atoms with Crippen molar-refractivity contribution in [2.24, 2.45) is 0 Å². The van der Waals surface area contributed by atoms with E-state index in [0.29, 0.717) is 4.47 Å². The second-order valence-electron chi connectivity index (χ2n) is 2.96. The number of halogens is 3. The second-order valence-corrected chi connectivity index (χ2v) is 4.19. The molecule has 0 fully saturated rings. The minimum Gasteiger partial charge on any atom is -0.344 e. The molecule has 88 valence electrons. The van der Waals surface area contributed by atoms with Gasteiger partial charge < -0.3 is 5.32 Å². The Hall–Kier alpha value is -2.07. The average molecular weight is 326 g/mol. The van der Waals surface area contributed by atoms with Crippen molar-refractivity contribution in [2.75, 3.05) is 5.32 Å². The second kappa shape index (κ2) is 6.02. The molecule has 0 heterocycles.